The zero-order chi connectivity index (χ0) is 19.0. The zero-order valence-electron chi connectivity index (χ0n) is 13.2. The Hall–Kier alpha value is -2.92. The van der Waals surface area contributed by atoms with Gasteiger partial charge in [0.1, 0.15) is 23.7 Å². The van der Waals surface area contributed by atoms with Crippen molar-refractivity contribution in [2.75, 3.05) is 12.4 Å². The van der Waals surface area contributed by atoms with Crippen LogP contribution in [0.5, 0.6) is 0 Å². The van der Waals surface area contributed by atoms with E-state index in [-0.39, 0.29) is 34.9 Å². The number of non-ortho nitro benzene ring substituents is 1. The van der Waals surface area contributed by atoms with Crippen LogP contribution in [0.4, 0.5) is 5.69 Å². The number of amides is 1. The van der Waals surface area contributed by atoms with Crippen molar-refractivity contribution in [3.63, 3.8) is 0 Å². The number of hydrogen-bond acceptors (Lipinski definition) is 8. The molecule has 1 amide bonds. The van der Waals surface area contributed by atoms with Gasteiger partial charge in [0, 0.05) is 23.5 Å². The molecular weight excluding hydrogens is 366 g/mol. The van der Waals surface area contributed by atoms with Crippen LogP contribution in [0.2, 0.25) is 0 Å². The van der Waals surface area contributed by atoms with Gasteiger partial charge in [-0.1, -0.05) is 0 Å². The summed E-state index contributed by atoms with van der Waals surface area (Å²) in [6.07, 6.45) is 0. The molecule has 1 unspecified atom stereocenters. The van der Waals surface area contributed by atoms with Crippen molar-refractivity contribution in [1.29, 1.82) is 0 Å². The molecule has 1 aromatic carbocycles. The molecule has 2 heterocycles. The van der Waals surface area contributed by atoms with Gasteiger partial charge in [-0.3, -0.25) is 19.8 Å². The number of hydrogen-bond donors (Lipinski definition) is 2. The molecule has 1 fully saturated rings. The van der Waals surface area contributed by atoms with Gasteiger partial charge in [-0.2, -0.15) is 0 Å². The van der Waals surface area contributed by atoms with E-state index in [1.165, 1.54) is 36.0 Å². The number of rotatable bonds is 5. The fourth-order valence-corrected chi connectivity index (χ4v) is 3.92. The number of carbonyl (C=O) groups excluding carboxylic acids is 2. The fourth-order valence-electron chi connectivity index (χ4n) is 2.65. The van der Waals surface area contributed by atoms with Crippen LogP contribution in [0.3, 0.4) is 0 Å². The average Bonchev–Trinajstić information content (AvgIpc) is 2.64. The molecule has 2 atom stereocenters. The van der Waals surface area contributed by atoms with Gasteiger partial charge in [0.15, 0.2) is 0 Å². The molecule has 2 aliphatic heterocycles. The van der Waals surface area contributed by atoms with Gasteiger partial charge in [0.2, 0.25) is 5.91 Å². The highest BCUT2D eigenvalue weighted by molar-refractivity contribution is 8.00. The van der Waals surface area contributed by atoms with Crippen molar-refractivity contribution in [3.05, 3.63) is 51.2 Å². The highest BCUT2D eigenvalue weighted by Crippen LogP contribution is 2.39. The SMILES string of the molecule is NC1C(=O)N2C(C(=O)O)=C(COC(=O)c3ccc([N+](=O)[O-])cc3)CS[C@@H]12. The summed E-state index contributed by atoms with van der Waals surface area (Å²) in [4.78, 5) is 46.5. The summed E-state index contributed by atoms with van der Waals surface area (Å²) in [7, 11) is 0. The first-order valence-corrected chi connectivity index (χ1v) is 8.43. The van der Waals surface area contributed by atoms with E-state index in [0.717, 1.165) is 4.90 Å². The lowest BCUT2D eigenvalue weighted by molar-refractivity contribution is -0.384. The van der Waals surface area contributed by atoms with Crippen LogP contribution in [0.25, 0.3) is 0 Å². The predicted octanol–water partition coefficient (Wildman–Crippen LogP) is 0.333. The Morgan fingerprint density at radius 1 is 1.38 bits per heavy atom. The summed E-state index contributed by atoms with van der Waals surface area (Å²) in [5.74, 6) is -2.27. The number of β-lactam (4-membered cyclic amide) rings is 1. The van der Waals surface area contributed by atoms with Crippen molar-refractivity contribution in [2.45, 2.75) is 11.4 Å². The minimum atomic E-state index is -1.29. The van der Waals surface area contributed by atoms with Crippen LogP contribution in [-0.4, -0.2) is 56.6 Å². The third-order valence-corrected chi connectivity index (χ3v) is 5.34. The normalized spacial score (nSPS) is 21.7. The maximum absolute atomic E-state index is 12.1. The number of thioether (sulfide) groups is 1. The number of nitro benzene ring substituents is 1. The molecule has 0 spiro atoms. The van der Waals surface area contributed by atoms with Gasteiger partial charge in [-0.15, -0.1) is 11.8 Å². The van der Waals surface area contributed by atoms with E-state index >= 15 is 0 Å². The van der Waals surface area contributed by atoms with Crippen molar-refractivity contribution in [1.82, 2.24) is 4.90 Å². The molecule has 26 heavy (non-hydrogen) atoms. The number of nitrogens with zero attached hydrogens (tertiary/aromatic N) is 2. The van der Waals surface area contributed by atoms with E-state index in [1.807, 2.05) is 0 Å². The Kier molecular flexibility index (Phi) is 4.66. The number of carbonyl (C=O) groups is 3. The second-order valence-electron chi connectivity index (χ2n) is 5.57. The van der Waals surface area contributed by atoms with Crippen LogP contribution >= 0.6 is 11.8 Å². The number of fused-ring (bicyclic) bond motifs is 1. The van der Waals surface area contributed by atoms with Gasteiger partial charge in [-0.25, -0.2) is 9.59 Å². The maximum atomic E-state index is 12.1. The number of nitro groups is 1. The number of benzene rings is 1. The first kappa shape index (κ1) is 17.9. The topological polar surface area (TPSA) is 153 Å². The zero-order valence-corrected chi connectivity index (χ0v) is 14.0. The van der Waals surface area contributed by atoms with Gasteiger partial charge in [0.05, 0.1) is 10.5 Å². The summed E-state index contributed by atoms with van der Waals surface area (Å²) >= 11 is 1.30. The second kappa shape index (κ2) is 6.77. The number of carboxylic acids is 1. The monoisotopic (exact) mass is 379 g/mol. The van der Waals surface area contributed by atoms with E-state index < -0.39 is 34.2 Å². The Morgan fingerprint density at radius 3 is 2.62 bits per heavy atom. The summed E-state index contributed by atoms with van der Waals surface area (Å²) < 4.78 is 5.11. The van der Waals surface area contributed by atoms with Gasteiger partial charge in [0.25, 0.3) is 5.69 Å². The lowest BCUT2D eigenvalue weighted by atomic mass is 10.0. The predicted molar refractivity (Wildman–Crippen MR) is 89.1 cm³/mol. The molecule has 136 valence electrons. The Bertz CT molecular complexity index is 836. The third-order valence-electron chi connectivity index (χ3n) is 3.98. The molecule has 10 nitrogen and oxygen atoms in total. The number of esters is 1. The molecular formula is C15H13N3O7S. The quantitative estimate of drug-likeness (QED) is 0.319. The number of aliphatic carboxylic acids is 1. The van der Waals surface area contributed by atoms with Crippen LogP contribution in [0, 0.1) is 10.1 Å². The minimum absolute atomic E-state index is 0.0939. The van der Waals surface area contributed by atoms with Gasteiger partial charge in [-0.05, 0) is 12.1 Å². The molecule has 2 aliphatic rings. The molecule has 1 saturated heterocycles. The van der Waals surface area contributed by atoms with Crippen LogP contribution in [0.1, 0.15) is 10.4 Å². The smallest absolute Gasteiger partial charge is 0.352 e. The van der Waals surface area contributed by atoms with Crippen molar-refractivity contribution in [2.24, 2.45) is 5.73 Å². The highest BCUT2D eigenvalue weighted by Gasteiger charge is 2.51. The third kappa shape index (κ3) is 3.02. The first-order valence-electron chi connectivity index (χ1n) is 7.38. The van der Waals surface area contributed by atoms with Crippen molar-refractivity contribution >= 4 is 35.3 Å². The molecule has 3 N–H and O–H groups in total. The Morgan fingerprint density at radius 2 is 2.04 bits per heavy atom. The van der Waals surface area contributed by atoms with Crippen molar-refractivity contribution < 1.29 is 29.2 Å². The summed E-state index contributed by atoms with van der Waals surface area (Å²) in [5, 5.41) is 19.6. The van der Waals surface area contributed by atoms with Crippen molar-refractivity contribution in [3.8, 4) is 0 Å². The molecule has 0 saturated carbocycles. The Labute approximate surface area is 150 Å². The molecule has 3 rings (SSSR count). The number of ether oxygens (including phenoxy) is 1. The van der Waals surface area contributed by atoms with E-state index in [9.17, 15) is 29.6 Å². The maximum Gasteiger partial charge on any atom is 0.352 e. The molecule has 1 aromatic rings. The summed E-state index contributed by atoms with van der Waals surface area (Å²) in [5.41, 5.74) is 5.66. The largest absolute Gasteiger partial charge is 0.477 e. The lowest BCUT2D eigenvalue weighted by Crippen LogP contribution is -2.68. The highest BCUT2D eigenvalue weighted by atomic mass is 32.2. The number of nitrogens with two attached hydrogens (primary N) is 1. The Balaban J connectivity index is 1.73. The molecule has 0 aliphatic carbocycles. The summed E-state index contributed by atoms with van der Waals surface area (Å²) in [6.45, 7) is -0.309. The number of carboxylic acid groups (broad SMARTS) is 1. The van der Waals surface area contributed by atoms with E-state index in [0.29, 0.717) is 0 Å². The summed E-state index contributed by atoms with van der Waals surface area (Å²) in [6, 6.07) is 4.09. The van der Waals surface area contributed by atoms with Crippen LogP contribution < -0.4 is 5.73 Å². The minimum Gasteiger partial charge on any atom is -0.477 e. The van der Waals surface area contributed by atoms with Crippen LogP contribution in [0.15, 0.2) is 35.5 Å². The second-order valence-corrected chi connectivity index (χ2v) is 6.68. The fraction of sp³-hybridized carbons (Fsp3) is 0.267. The first-order chi connectivity index (χ1) is 12.3. The average molecular weight is 379 g/mol. The van der Waals surface area contributed by atoms with E-state index in [4.69, 9.17) is 10.5 Å². The lowest BCUT2D eigenvalue weighted by Gasteiger charge is -2.47. The molecule has 0 bridgehead atoms. The standard InChI is InChI=1S/C15H13N3O7S/c16-10-12(19)17-11(14(20)21)8(6-26-13(10)17)5-25-15(22)7-1-3-9(4-2-7)18(23)24/h1-4,10,13H,5-6,16H2,(H,20,21)/t10?,13-/m0/s1. The van der Waals surface area contributed by atoms with E-state index in [2.05, 4.69) is 0 Å². The van der Waals surface area contributed by atoms with Gasteiger partial charge >= 0.3 is 11.9 Å². The van der Waals surface area contributed by atoms with E-state index in [1.54, 1.807) is 0 Å². The molecule has 0 radical (unpaired) electrons. The molecule has 11 heteroatoms. The van der Waals surface area contributed by atoms with Gasteiger partial charge < -0.3 is 15.6 Å². The molecule has 0 aromatic heterocycles. The van der Waals surface area contributed by atoms with Crippen LogP contribution in [-0.2, 0) is 14.3 Å².